The topological polar surface area (TPSA) is 74.8 Å². The first-order chi connectivity index (χ1) is 15.4. The standard InChI is InChI=1S/C23H22Cl2N4O3/c1-15-7-8-17-18(24)13-19(25)22(21(17)26-15)32-14-20(30)28-9-11-29(12-10-28)23(31)27-16-5-3-2-4-6-16/h2-8,13H,9-12,14H2,1H3,(H,27,31). The molecule has 0 bridgehead atoms. The molecule has 4 rings (SSSR count). The maximum absolute atomic E-state index is 12.7. The summed E-state index contributed by atoms with van der Waals surface area (Å²) in [6.45, 7) is 3.41. The smallest absolute Gasteiger partial charge is 0.321 e. The number of rotatable bonds is 4. The van der Waals surface area contributed by atoms with E-state index in [-0.39, 0.29) is 18.5 Å². The molecule has 32 heavy (non-hydrogen) atoms. The highest BCUT2D eigenvalue weighted by molar-refractivity contribution is 6.39. The lowest BCUT2D eigenvalue weighted by Crippen LogP contribution is -2.52. The molecular formula is C23H22Cl2N4O3. The summed E-state index contributed by atoms with van der Waals surface area (Å²) in [7, 11) is 0. The summed E-state index contributed by atoms with van der Waals surface area (Å²) < 4.78 is 5.79. The van der Waals surface area contributed by atoms with Crippen molar-refractivity contribution in [1.29, 1.82) is 0 Å². The van der Waals surface area contributed by atoms with E-state index < -0.39 is 0 Å². The molecule has 7 nitrogen and oxygen atoms in total. The molecule has 1 aromatic heterocycles. The summed E-state index contributed by atoms with van der Waals surface area (Å²) in [5.74, 6) is 0.156. The molecule has 0 saturated carbocycles. The van der Waals surface area contributed by atoms with Gasteiger partial charge in [-0.1, -0.05) is 41.4 Å². The number of urea groups is 1. The van der Waals surface area contributed by atoms with Crippen molar-refractivity contribution in [3.8, 4) is 5.75 Å². The van der Waals surface area contributed by atoms with Gasteiger partial charge in [-0.15, -0.1) is 0 Å². The summed E-state index contributed by atoms with van der Waals surface area (Å²) in [4.78, 5) is 33.0. The monoisotopic (exact) mass is 472 g/mol. The zero-order valence-electron chi connectivity index (χ0n) is 17.5. The third kappa shape index (κ3) is 4.89. The highest BCUT2D eigenvalue weighted by Crippen LogP contribution is 2.37. The fourth-order valence-electron chi connectivity index (χ4n) is 3.54. The molecular weight excluding hydrogens is 451 g/mol. The largest absolute Gasteiger partial charge is 0.480 e. The Morgan fingerprint density at radius 3 is 2.41 bits per heavy atom. The van der Waals surface area contributed by atoms with Crippen LogP contribution < -0.4 is 10.1 Å². The number of nitrogens with zero attached hydrogens (tertiary/aromatic N) is 3. The van der Waals surface area contributed by atoms with Crippen molar-refractivity contribution in [2.24, 2.45) is 0 Å². The maximum Gasteiger partial charge on any atom is 0.321 e. The van der Waals surface area contributed by atoms with Gasteiger partial charge in [-0.05, 0) is 37.3 Å². The van der Waals surface area contributed by atoms with E-state index in [2.05, 4.69) is 10.3 Å². The quantitative estimate of drug-likeness (QED) is 0.601. The Labute approximate surface area is 195 Å². The van der Waals surface area contributed by atoms with Gasteiger partial charge < -0.3 is 19.9 Å². The Kier molecular flexibility index (Phi) is 6.67. The van der Waals surface area contributed by atoms with Gasteiger partial charge in [0, 0.05) is 42.9 Å². The van der Waals surface area contributed by atoms with Crippen LogP contribution in [0.25, 0.3) is 10.9 Å². The van der Waals surface area contributed by atoms with Gasteiger partial charge >= 0.3 is 6.03 Å². The molecule has 2 aromatic carbocycles. The van der Waals surface area contributed by atoms with E-state index in [4.69, 9.17) is 27.9 Å². The number of pyridine rings is 1. The lowest BCUT2D eigenvalue weighted by atomic mass is 10.2. The molecule has 0 aliphatic carbocycles. The highest BCUT2D eigenvalue weighted by Gasteiger charge is 2.25. The maximum atomic E-state index is 12.7. The number of carbonyl (C=O) groups excluding carboxylic acids is 2. The Bertz CT molecular complexity index is 1150. The second-order valence-corrected chi connectivity index (χ2v) is 8.29. The molecule has 2 heterocycles. The summed E-state index contributed by atoms with van der Waals surface area (Å²) in [6, 6.07) is 14.4. The van der Waals surface area contributed by atoms with E-state index in [1.165, 1.54) is 0 Å². The predicted octanol–water partition coefficient (Wildman–Crippen LogP) is 4.61. The fourth-order valence-corrected chi connectivity index (χ4v) is 4.11. The number of nitrogens with one attached hydrogen (secondary N) is 1. The van der Waals surface area contributed by atoms with Gasteiger partial charge in [0.1, 0.15) is 5.52 Å². The molecule has 3 aromatic rings. The SMILES string of the molecule is Cc1ccc2c(Cl)cc(Cl)c(OCC(=O)N3CCN(C(=O)Nc4ccccc4)CC3)c2n1. The second-order valence-electron chi connectivity index (χ2n) is 7.47. The molecule has 1 saturated heterocycles. The highest BCUT2D eigenvalue weighted by atomic mass is 35.5. The van der Waals surface area contributed by atoms with Crippen molar-refractivity contribution in [1.82, 2.24) is 14.8 Å². The first-order valence-electron chi connectivity index (χ1n) is 10.2. The molecule has 9 heteroatoms. The molecule has 1 aliphatic heterocycles. The van der Waals surface area contributed by atoms with Crippen molar-refractivity contribution in [2.45, 2.75) is 6.92 Å². The number of benzene rings is 2. The number of piperazine rings is 1. The van der Waals surface area contributed by atoms with Crippen molar-refractivity contribution in [3.05, 3.63) is 64.3 Å². The lowest BCUT2D eigenvalue weighted by Gasteiger charge is -2.34. The zero-order chi connectivity index (χ0) is 22.7. The molecule has 166 valence electrons. The van der Waals surface area contributed by atoms with Crippen LogP contribution in [0.4, 0.5) is 10.5 Å². The number of ether oxygens (including phenoxy) is 1. The molecule has 0 spiro atoms. The number of amides is 3. The van der Waals surface area contributed by atoms with Gasteiger partial charge in [0.25, 0.3) is 5.91 Å². The van der Waals surface area contributed by atoms with E-state index in [1.807, 2.05) is 49.4 Å². The first kappa shape index (κ1) is 22.2. The van der Waals surface area contributed by atoms with E-state index in [1.54, 1.807) is 15.9 Å². The van der Waals surface area contributed by atoms with Gasteiger partial charge in [-0.25, -0.2) is 9.78 Å². The Morgan fingerprint density at radius 1 is 1.00 bits per heavy atom. The minimum atomic E-state index is -0.181. The van der Waals surface area contributed by atoms with Gasteiger partial charge in [-0.2, -0.15) is 0 Å². The number of aryl methyl sites for hydroxylation is 1. The van der Waals surface area contributed by atoms with E-state index >= 15 is 0 Å². The average molecular weight is 473 g/mol. The van der Waals surface area contributed by atoms with Crippen LogP contribution in [0.3, 0.4) is 0 Å². The van der Waals surface area contributed by atoms with Crippen LogP contribution in [0.5, 0.6) is 5.75 Å². The Balaban J connectivity index is 1.35. The van der Waals surface area contributed by atoms with Crippen LogP contribution in [0.2, 0.25) is 10.0 Å². The van der Waals surface area contributed by atoms with Crippen molar-refractivity contribution >= 4 is 51.7 Å². The molecule has 1 fully saturated rings. The number of carbonyl (C=O) groups is 2. The number of fused-ring (bicyclic) bond motifs is 1. The van der Waals surface area contributed by atoms with E-state index in [0.717, 1.165) is 11.4 Å². The number of hydrogen-bond acceptors (Lipinski definition) is 4. The van der Waals surface area contributed by atoms with Gasteiger partial charge in [-0.3, -0.25) is 4.79 Å². The van der Waals surface area contributed by atoms with Crippen molar-refractivity contribution < 1.29 is 14.3 Å². The lowest BCUT2D eigenvalue weighted by molar-refractivity contribution is -0.134. The minimum Gasteiger partial charge on any atom is -0.480 e. The molecule has 1 aliphatic rings. The number of halogens is 2. The van der Waals surface area contributed by atoms with Crippen LogP contribution in [-0.4, -0.2) is 59.5 Å². The van der Waals surface area contributed by atoms with E-state index in [0.29, 0.717) is 52.9 Å². The summed E-state index contributed by atoms with van der Waals surface area (Å²) in [5.41, 5.74) is 2.05. The van der Waals surface area contributed by atoms with E-state index in [9.17, 15) is 9.59 Å². The van der Waals surface area contributed by atoms with Crippen molar-refractivity contribution in [2.75, 3.05) is 38.1 Å². The van der Waals surface area contributed by atoms with Crippen LogP contribution in [0, 0.1) is 6.92 Å². The second kappa shape index (κ2) is 9.63. The molecule has 0 atom stereocenters. The Hall–Kier alpha value is -3.03. The molecule has 3 amide bonds. The normalized spacial score (nSPS) is 13.8. The third-order valence-electron chi connectivity index (χ3n) is 5.26. The molecule has 0 unspecified atom stereocenters. The molecule has 1 N–H and O–H groups in total. The minimum absolute atomic E-state index is 0.178. The number of hydrogen-bond donors (Lipinski definition) is 1. The summed E-state index contributed by atoms with van der Waals surface area (Å²) in [6.07, 6.45) is 0. The Morgan fingerprint density at radius 2 is 1.69 bits per heavy atom. The van der Waals surface area contributed by atoms with Crippen molar-refractivity contribution in [3.63, 3.8) is 0 Å². The van der Waals surface area contributed by atoms with Crippen LogP contribution in [-0.2, 0) is 4.79 Å². The average Bonchev–Trinajstić information content (AvgIpc) is 2.79. The summed E-state index contributed by atoms with van der Waals surface area (Å²) in [5, 5.41) is 4.35. The van der Waals surface area contributed by atoms with Gasteiger partial charge in [0.15, 0.2) is 12.4 Å². The first-order valence-corrected chi connectivity index (χ1v) is 10.9. The molecule has 0 radical (unpaired) electrons. The predicted molar refractivity (Wildman–Crippen MR) is 126 cm³/mol. The van der Waals surface area contributed by atoms with Crippen LogP contribution in [0.1, 0.15) is 5.69 Å². The van der Waals surface area contributed by atoms with Crippen LogP contribution in [0.15, 0.2) is 48.5 Å². The third-order valence-corrected chi connectivity index (χ3v) is 5.86. The van der Waals surface area contributed by atoms with Crippen LogP contribution >= 0.6 is 23.2 Å². The van der Waals surface area contributed by atoms with Gasteiger partial charge in [0.05, 0.1) is 10.0 Å². The summed E-state index contributed by atoms with van der Waals surface area (Å²) >= 11 is 12.6. The number of para-hydroxylation sites is 1. The fraction of sp³-hybridized carbons (Fsp3) is 0.261. The number of aromatic nitrogens is 1. The van der Waals surface area contributed by atoms with Gasteiger partial charge in [0.2, 0.25) is 0 Å². The zero-order valence-corrected chi connectivity index (χ0v) is 19.0. The number of anilines is 1.